The Balaban J connectivity index is 1.41. The van der Waals surface area contributed by atoms with Crippen molar-refractivity contribution in [2.45, 2.75) is 57.6 Å². The average Bonchev–Trinajstić information content (AvgIpc) is 3.60. The zero-order valence-electron chi connectivity index (χ0n) is 25.8. The lowest BCUT2D eigenvalue weighted by atomic mass is 9.87. The van der Waals surface area contributed by atoms with Crippen LogP contribution in [0.1, 0.15) is 39.3 Å². The highest BCUT2D eigenvalue weighted by Crippen LogP contribution is 2.61. The lowest BCUT2D eigenvalue weighted by molar-refractivity contribution is -0.137. The summed E-state index contributed by atoms with van der Waals surface area (Å²) < 4.78 is 45.9. The minimum atomic E-state index is -5.31. The average molecular weight is 738 g/mol. The molecule has 2 amide bonds. The zero-order valence-corrected chi connectivity index (χ0v) is 28.4. The van der Waals surface area contributed by atoms with Crippen LogP contribution in [0.5, 0.6) is 0 Å². The van der Waals surface area contributed by atoms with Crippen LogP contribution < -0.4 is 16.4 Å². The van der Waals surface area contributed by atoms with E-state index >= 15 is 0 Å². The number of nitrogens with zero attached hydrogens (tertiary/aromatic N) is 4. The van der Waals surface area contributed by atoms with Crippen LogP contribution in [0.3, 0.4) is 0 Å². The molecule has 266 valence electrons. The molecular weight excluding hydrogens is 700 g/mol. The number of phosphoric ester groups is 2. The number of terminal acetylenes is 1. The molecule has 0 radical (unpaired) electrons. The molecule has 0 aromatic carbocycles. The van der Waals surface area contributed by atoms with E-state index in [1.54, 1.807) is 0 Å². The predicted molar refractivity (Wildman–Crippen MR) is 168 cm³/mol. The molecule has 0 saturated carbocycles. The van der Waals surface area contributed by atoms with Crippen molar-refractivity contribution in [1.29, 1.82) is 0 Å². The molecule has 20 nitrogen and oxygen atoms in total. The molecule has 6 atom stereocenters. The number of hydrogen-bond acceptors (Lipinski definition) is 16. The lowest BCUT2D eigenvalue weighted by Gasteiger charge is -2.30. The van der Waals surface area contributed by atoms with Gasteiger partial charge in [0.1, 0.15) is 30.3 Å². The number of anilines is 1. The van der Waals surface area contributed by atoms with Gasteiger partial charge in [0.05, 0.1) is 32.1 Å². The van der Waals surface area contributed by atoms with E-state index in [-0.39, 0.29) is 43.3 Å². The van der Waals surface area contributed by atoms with Crippen molar-refractivity contribution in [2.75, 3.05) is 37.8 Å². The van der Waals surface area contributed by atoms with E-state index in [2.05, 4.69) is 35.8 Å². The molecule has 3 heterocycles. The Bertz CT molecular complexity index is 1600. The molecule has 1 saturated heterocycles. The number of carbonyl (C=O) groups is 3. The van der Waals surface area contributed by atoms with Gasteiger partial charge in [-0.3, -0.25) is 28.0 Å². The number of nitrogen functional groups attached to an aromatic ring is 1. The minimum absolute atomic E-state index is 0.0103. The lowest BCUT2D eigenvalue weighted by Crippen LogP contribution is -2.46. The van der Waals surface area contributed by atoms with Crippen LogP contribution >= 0.6 is 27.4 Å². The molecule has 1 fully saturated rings. The molecule has 8 N–H and O–H groups in total. The number of thioether (sulfide) groups is 1. The van der Waals surface area contributed by atoms with Gasteiger partial charge in [0, 0.05) is 37.1 Å². The van der Waals surface area contributed by atoms with Gasteiger partial charge in [-0.1, -0.05) is 31.5 Å². The second-order valence-electron chi connectivity index (χ2n) is 11.0. The van der Waals surface area contributed by atoms with Gasteiger partial charge in [-0.25, -0.2) is 24.1 Å². The van der Waals surface area contributed by atoms with E-state index in [1.165, 1.54) is 31.1 Å². The van der Waals surface area contributed by atoms with Gasteiger partial charge in [0.25, 0.3) is 0 Å². The van der Waals surface area contributed by atoms with Crippen LogP contribution in [0.25, 0.3) is 11.2 Å². The maximum Gasteiger partial charge on any atom is 0.481 e. The molecule has 0 bridgehead atoms. The number of fused-ring (bicyclic) bond motifs is 1. The SMILES string of the molecule is C#CCC(=O)SCCNC(=O)CCNC(=O)C(O)C(C)(C)COP(=O)(O)OP(=O)(O)OCC1OC(n2cnc3c(N)ncnc32)CC1O. The summed E-state index contributed by atoms with van der Waals surface area (Å²) in [6, 6.07) is 0. The summed E-state index contributed by atoms with van der Waals surface area (Å²) in [6.45, 7) is 1.11. The molecule has 2 aromatic heterocycles. The number of hydrogen-bond donors (Lipinski definition) is 7. The second-order valence-corrected chi connectivity index (χ2v) is 15.2. The predicted octanol–water partition coefficient (Wildman–Crippen LogP) is -0.400. The van der Waals surface area contributed by atoms with Gasteiger partial charge >= 0.3 is 15.6 Å². The molecule has 48 heavy (non-hydrogen) atoms. The van der Waals surface area contributed by atoms with E-state index < -0.39 is 70.6 Å². The van der Waals surface area contributed by atoms with Gasteiger partial charge in [0.15, 0.2) is 11.5 Å². The summed E-state index contributed by atoms with van der Waals surface area (Å²) in [5.41, 5.74) is 4.88. The van der Waals surface area contributed by atoms with Crippen molar-refractivity contribution in [3.05, 3.63) is 12.7 Å². The first-order chi connectivity index (χ1) is 22.4. The Morgan fingerprint density at radius 2 is 1.92 bits per heavy atom. The summed E-state index contributed by atoms with van der Waals surface area (Å²) in [7, 11) is -10.6. The maximum absolute atomic E-state index is 12.4. The van der Waals surface area contributed by atoms with Crippen LogP contribution in [0.2, 0.25) is 0 Å². The Morgan fingerprint density at radius 3 is 2.62 bits per heavy atom. The first-order valence-corrected chi connectivity index (χ1v) is 18.2. The van der Waals surface area contributed by atoms with E-state index in [0.717, 1.165) is 11.8 Å². The largest absolute Gasteiger partial charge is 0.481 e. The molecule has 2 aromatic rings. The maximum atomic E-state index is 12.4. The number of nitrogens with two attached hydrogens (primary N) is 1. The van der Waals surface area contributed by atoms with Crippen molar-refractivity contribution in [3.63, 3.8) is 0 Å². The van der Waals surface area contributed by atoms with Gasteiger partial charge in [-0.05, 0) is 0 Å². The topological polar surface area (TPSA) is 297 Å². The summed E-state index contributed by atoms with van der Waals surface area (Å²) in [5, 5.41) is 25.6. The van der Waals surface area contributed by atoms with Crippen molar-refractivity contribution in [2.24, 2.45) is 5.41 Å². The Hall–Kier alpha value is -2.99. The molecule has 23 heteroatoms. The first-order valence-electron chi connectivity index (χ1n) is 14.2. The smallest absolute Gasteiger partial charge is 0.390 e. The molecule has 1 aliphatic heterocycles. The van der Waals surface area contributed by atoms with Crippen LogP contribution in [0.4, 0.5) is 5.82 Å². The third-order valence-corrected chi connectivity index (χ3v) is 10.1. The number of nitrogens with one attached hydrogen (secondary N) is 2. The van der Waals surface area contributed by atoms with Crippen LogP contribution in [0.15, 0.2) is 12.7 Å². The fraction of sp³-hybridized carbons (Fsp3) is 0.600. The van der Waals surface area contributed by atoms with Crippen LogP contribution in [0, 0.1) is 17.8 Å². The summed E-state index contributed by atoms with van der Waals surface area (Å²) in [4.78, 5) is 67.8. The summed E-state index contributed by atoms with van der Waals surface area (Å²) >= 11 is 0.978. The van der Waals surface area contributed by atoms with Crippen molar-refractivity contribution >= 4 is 61.3 Å². The minimum Gasteiger partial charge on any atom is -0.390 e. The number of ether oxygens (including phenoxy) is 1. The molecule has 3 rings (SSSR count). The molecule has 0 spiro atoms. The van der Waals surface area contributed by atoms with Crippen molar-refractivity contribution < 1.29 is 61.6 Å². The van der Waals surface area contributed by atoms with Crippen LogP contribution in [-0.2, 0) is 41.6 Å². The Labute approximate surface area is 278 Å². The molecular formula is C25H37N7O13P2S. The number of aromatic nitrogens is 4. The van der Waals surface area contributed by atoms with Gasteiger partial charge in [0.2, 0.25) is 16.9 Å². The fourth-order valence-electron chi connectivity index (χ4n) is 4.12. The number of amides is 2. The number of aliphatic hydroxyl groups excluding tert-OH is 2. The van der Waals surface area contributed by atoms with E-state index in [0.29, 0.717) is 16.9 Å². The van der Waals surface area contributed by atoms with E-state index in [4.69, 9.17) is 25.9 Å². The van der Waals surface area contributed by atoms with E-state index in [1.807, 2.05) is 0 Å². The Morgan fingerprint density at radius 1 is 1.21 bits per heavy atom. The Kier molecular flexibility index (Phi) is 14.0. The summed E-state index contributed by atoms with van der Waals surface area (Å²) in [6.07, 6.45) is 2.52. The number of rotatable bonds is 18. The van der Waals surface area contributed by atoms with Crippen LogP contribution in [-0.4, -0.2) is 107 Å². The number of carbonyl (C=O) groups excluding carboxylic acids is 3. The highest BCUT2D eigenvalue weighted by Gasteiger charge is 2.42. The fourth-order valence-corrected chi connectivity index (χ4v) is 6.99. The van der Waals surface area contributed by atoms with E-state index in [9.17, 15) is 43.5 Å². The number of imidazole rings is 1. The molecule has 6 unspecified atom stereocenters. The highest BCUT2D eigenvalue weighted by atomic mass is 32.2. The van der Waals surface area contributed by atoms with Gasteiger partial charge in [-0.15, -0.1) is 6.42 Å². The standard InChI is InChI=1S/C25H37N7O13P2S/c1-4-5-19(35)48-9-8-27-17(34)6-7-28-24(37)21(36)25(2,3)12-43-47(40,41)45-46(38,39)42-11-16-15(33)10-18(44-16)32-14-31-20-22(26)29-13-30-23(20)32/h1,13-16,18,21,33,36H,5-12H2,2-3H3,(H,27,34)(H,28,37)(H,38,39)(H,40,41)(H2,26,29,30). The monoisotopic (exact) mass is 737 g/mol. The normalized spacial score (nSPS) is 21.1. The number of phosphoric acid groups is 2. The van der Waals surface area contributed by atoms with Crippen molar-refractivity contribution in [3.8, 4) is 12.3 Å². The summed E-state index contributed by atoms with van der Waals surface area (Å²) in [5.74, 6) is 1.32. The second kappa shape index (κ2) is 17.1. The van der Waals surface area contributed by atoms with Gasteiger partial charge < -0.3 is 41.1 Å². The zero-order chi connectivity index (χ0) is 35.7. The quantitative estimate of drug-likeness (QED) is 0.0582. The van der Waals surface area contributed by atoms with Gasteiger partial charge in [-0.2, -0.15) is 4.31 Å². The number of aliphatic hydroxyl groups is 2. The molecule has 1 aliphatic rings. The molecule has 0 aliphatic carbocycles. The first kappa shape index (κ1) is 39.4. The highest BCUT2D eigenvalue weighted by molar-refractivity contribution is 8.13. The third-order valence-electron chi connectivity index (χ3n) is 6.68. The van der Waals surface area contributed by atoms with Crippen molar-refractivity contribution in [1.82, 2.24) is 30.2 Å². The third kappa shape index (κ3) is 11.6.